The molecule has 0 fully saturated rings. The smallest absolute Gasteiger partial charge is 0.875 e. The minimum atomic E-state index is -0.527. The standard InChI is InChI=1S/C15H18FNO3.Na/c1-2-20-15(19)13-10-17(8-7-14(13)18)9-11-3-5-12(16)6-4-11;/h3-6,18H,2,7-10H2,1H3;/q;+1/p-1. The zero-order valence-electron chi connectivity index (χ0n) is 12.4. The molecule has 2 rings (SSSR count). The number of hydrogen-bond donors (Lipinski definition) is 0. The van der Waals surface area contributed by atoms with E-state index in [0.29, 0.717) is 19.5 Å². The van der Waals surface area contributed by atoms with Crippen LogP contribution < -0.4 is 34.7 Å². The Hall–Kier alpha value is -0.880. The van der Waals surface area contributed by atoms with Crippen molar-refractivity contribution in [1.82, 2.24) is 4.90 Å². The average molecular weight is 301 g/mol. The number of hydrogen-bond acceptors (Lipinski definition) is 4. The third-order valence-corrected chi connectivity index (χ3v) is 3.21. The van der Waals surface area contributed by atoms with Gasteiger partial charge in [-0.05, 0) is 31.0 Å². The van der Waals surface area contributed by atoms with Gasteiger partial charge in [0.1, 0.15) is 5.82 Å². The first-order chi connectivity index (χ1) is 9.60. The van der Waals surface area contributed by atoms with E-state index in [9.17, 15) is 14.3 Å². The fourth-order valence-electron chi connectivity index (χ4n) is 2.18. The van der Waals surface area contributed by atoms with E-state index in [1.807, 2.05) is 4.90 Å². The summed E-state index contributed by atoms with van der Waals surface area (Å²) in [4.78, 5) is 13.7. The third-order valence-electron chi connectivity index (χ3n) is 3.21. The molecular weight excluding hydrogens is 284 g/mol. The summed E-state index contributed by atoms with van der Waals surface area (Å²) in [6.45, 7) is 3.43. The van der Waals surface area contributed by atoms with Crippen LogP contribution in [0.1, 0.15) is 18.9 Å². The number of ether oxygens (including phenoxy) is 1. The SMILES string of the molecule is CCOC(=O)C1=C([O-])CCN(Cc2ccc(F)cc2)C1.[Na+]. The number of carbonyl (C=O) groups excluding carboxylic acids is 1. The van der Waals surface area contributed by atoms with Gasteiger partial charge in [-0.25, -0.2) is 9.18 Å². The minimum absolute atomic E-state index is 0. The summed E-state index contributed by atoms with van der Waals surface area (Å²) in [5.41, 5.74) is 1.16. The second-order valence-electron chi connectivity index (χ2n) is 4.71. The van der Waals surface area contributed by atoms with Gasteiger partial charge >= 0.3 is 35.5 Å². The first-order valence-electron chi connectivity index (χ1n) is 6.63. The monoisotopic (exact) mass is 301 g/mol. The molecular formula is C15H17FNNaO3. The van der Waals surface area contributed by atoms with Gasteiger partial charge in [-0.15, -0.1) is 5.76 Å². The van der Waals surface area contributed by atoms with Crippen molar-refractivity contribution < 1.29 is 48.6 Å². The van der Waals surface area contributed by atoms with Gasteiger partial charge in [0.15, 0.2) is 0 Å². The normalized spacial score (nSPS) is 15.5. The summed E-state index contributed by atoms with van der Waals surface area (Å²) in [6, 6.07) is 6.21. The molecule has 1 aliphatic rings. The first-order valence-corrected chi connectivity index (χ1v) is 6.63. The van der Waals surface area contributed by atoms with Crippen LogP contribution in [0.15, 0.2) is 35.6 Å². The molecule has 0 spiro atoms. The maximum Gasteiger partial charge on any atom is 1.00 e. The van der Waals surface area contributed by atoms with E-state index in [4.69, 9.17) is 4.74 Å². The number of carbonyl (C=O) groups is 1. The summed E-state index contributed by atoms with van der Waals surface area (Å²) in [5.74, 6) is -0.943. The number of benzene rings is 1. The Labute approximate surface area is 145 Å². The Bertz CT molecular complexity index is 516. The molecule has 0 bridgehead atoms. The molecule has 0 unspecified atom stereocenters. The van der Waals surface area contributed by atoms with Crippen molar-refractivity contribution >= 4 is 5.97 Å². The average Bonchev–Trinajstić information content (AvgIpc) is 2.43. The van der Waals surface area contributed by atoms with E-state index in [1.165, 1.54) is 12.1 Å². The van der Waals surface area contributed by atoms with Crippen LogP contribution in [-0.4, -0.2) is 30.6 Å². The molecule has 0 atom stereocenters. The first kappa shape index (κ1) is 18.2. The Morgan fingerprint density at radius 1 is 1.38 bits per heavy atom. The summed E-state index contributed by atoms with van der Waals surface area (Å²) >= 11 is 0. The maximum atomic E-state index is 12.8. The Kier molecular flexibility index (Phi) is 7.39. The summed E-state index contributed by atoms with van der Waals surface area (Å²) in [5, 5.41) is 11.7. The number of esters is 1. The second-order valence-corrected chi connectivity index (χ2v) is 4.71. The summed E-state index contributed by atoms with van der Waals surface area (Å²) in [7, 11) is 0. The molecule has 1 aliphatic heterocycles. The van der Waals surface area contributed by atoms with E-state index in [0.717, 1.165) is 5.56 Å². The fraction of sp³-hybridized carbons (Fsp3) is 0.400. The predicted molar refractivity (Wildman–Crippen MR) is 70.0 cm³/mol. The Morgan fingerprint density at radius 2 is 2.05 bits per heavy atom. The molecule has 0 aliphatic carbocycles. The van der Waals surface area contributed by atoms with Gasteiger partial charge in [-0.1, -0.05) is 12.1 Å². The van der Waals surface area contributed by atoms with Crippen LogP contribution in [-0.2, 0) is 16.1 Å². The molecule has 21 heavy (non-hydrogen) atoms. The fourth-order valence-corrected chi connectivity index (χ4v) is 2.18. The molecule has 0 aromatic heterocycles. The molecule has 0 saturated heterocycles. The van der Waals surface area contributed by atoms with Crippen molar-refractivity contribution in [1.29, 1.82) is 0 Å². The molecule has 0 N–H and O–H groups in total. The van der Waals surface area contributed by atoms with E-state index in [1.54, 1.807) is 19.1 Å². The number of nitrogens with zero attached hydrogens (tertiary/aromatic N) is 1. The van der Waals surface area contributed by atoms with Crippen LogP contribution >= 0.6 is 0 Å². The zero-order chi connectivity index (χ0) is 14.5. The van der Waals surface area contributed by atoms with Crippen molar-refractivity contribution in [3.8, 4) is 0 Å². The van der Waals surface area contributed by atoms with E-state index < -0.39 is 5.97 Å². The number of halogens is 1. The molecule has 1 heterocycles. The van der Waals surface area contributed by atoms with Gasteiger partial charge in [0.05, 0.1) is 6.61 Å². The minimum Gasteiger partial charge on any atom is -0.875 e. The molecule has 0 radical (unpaired) electrons. The van der Waals surface area contributed by atoms with Crippen molar-refractivity contribution in [2.24, 2.45) is 0 Å². The summed E-state index contributed by atoms with van der Waals surface area (Å²) < 4.78 is 17.7. The van der Waals surface area contributed by atoms with Crippen molar-refractivity contribution in [2.45, 2.75) is 19.9 Å². The van der Waals surface area contributed by atoms with Gasteiger partial charge in [-0.3, -0.25) is 4.90 Å². The largest absolute Gasteiger partial charge is 1.00 e. The third kappa shape index (κ3) is 5.11. The molecule has 1 aromatic rings. The van der Waals surface area contributed by atoms with Gasteiger partial charge in [-0.2, -0.15) is 0 Å². The molecule has 4 nitrogen and oxygen atoms in total. The van der Waals surface area contributed by atoms with Crippen LogP contribution in [0, 0.1) is 5.82 Å². The molecule has 1 aromatic carbocycles. The van der Waals surface area contributed by atoms with Crippen LogP contribution in [0.5, 0.6) is 0 Å². The van der Waals surface area contributed by atoms with Crippen LogP contribution in [0.2, 0.25) is 0 Å². The van der Waals surface area contributed by atoms with Crippen molar-refractivity contribution in [3.05, 3.63) is 47.0 Å². The topological polar surface area (TPSA) is 52.6 Å². The van der Waals surface area contributed by atoms with Crippen LogP contribution in [0.4, 0.5) is 4.39 Å². The van der Waals surface area contributed by atoms with E-state index in [2.05, 4.69) is 0 Å². The van der Waals surface area contributed by atoms with Crippen molar-refractivity contribution in [2.75, 3.05) is 19.7 Å². The second kappa shape index (κ2) is 8.54. The molecule has 0 saturated carbocycles. The number of rotatable bonds is 4. The Morgan fingerprint density at radius 3 is 2.67 bits per heavy atom. The predicted octanol–water partition coefficient (Wildman–Crippen LogP) is -1.79. The Balaban J connectivity index is 0.00000220. The van der Waals surface area contributed by atoms with E-state index >= 15 is 0 Å². The quantitative estimate of drug-likeness (QED) is 0.487. The summed E-state index contributed by atoms with van der Waals surface area (Å²) in [6.07, 6.45) is 0.315. The van der Waals surface area contributed by atoms with Gasteiger partial charge in [0, 0.05) is 25.2 Å². The van der Waals surface area contributed by atoms with Crippen LogP contribution in [0.3, 0.4) is 0 Å². The zero-order valence-corrected chi connectivity index (χ0v) is 14.4. The molecule has 0 amide bonds. The van der Waals surface area contributed by atoms with Crippen LogP contribution in [0.25, 0.3) is 0 Å². The maximum absolute atomic E-state index is 12.8. The van der Waals surface area contributed by atoms with Gasteiger partial charge in [0.2, 0.25) is 0 Å². The van der Waals surface area contributed by atoms with E-state index in [-0.39, 0.29) is 59.9 Å². The molecule has 6 heteroatoms. The van der Waals surface area contributed by atoms with Gasteiger partial charge < -0.3 is 9.84 Å². The molecule has 108 valence electrons. The van der Waals surface area contributed by atoms with Crippen molar-refractivity contribution in [3.63, 3.8) is 0 Å². The van der Waals surface area contributed by atoms with Gasteiger partial charge in [0.25, 0.3) is 0 Å².